The molecule has 0 aromatic carbocycles. The second-order valence-corrected chi connectivity index (χ2v) is 5.05. The van der Waals surface area contributed by atoms with E-state index in [9.17, 15) is 0 Å². The Kier molecular flexibility index (Phi) is 6.27. The van der Waals surface area contributed by atoms with Gasteiger partial charge in [-0.2, -0.15) is 5.10 Å². The van der Waals surface area contributed by atoms with Crippen LogP contribution in [0.25, 0.3) is 0 Å². The zero-order chi connectivity index (χ0) is 12.7. The Hall–Kier alpha value is -0.830. The van der Waals surface area contributed by atoms with Gasteiger partial charge in [0.1, 0.15) is 0 Å². The van der Waals surface area contributed by atoms with Crippen molar-refractivity contribution in [1.29, 1.82) is 0 Å². The summed E-state index contributed by atoms with van der Waals surface area (Å²) < 4.78 is 2.18. The molecule has 0 spiro atoms. The first kappa shape index (κ1) is 14.2. The predicted octanol–water partition coefficient (Wildman–Crippen LogP) is 2.99. The molecule has 3 nitrogen and oxygen atoms in total. The van der Waals surface area contributed by atoms with Crippen molar-refractivity contribution in [3.05, 3.63) is 17.5 Å². The van der Waals surface area contributed by atoms with Crippen LogP contribution in [-0.2, 0) is 19.5 Å². The number of nitrogens with one attached hydrogen (secondary N) is 1. The maximum absolute atomic E-state index is 4.51. The lowest BCUT2D eigenvalue weighted by Crippen LogP contribution is -2.15. The number of aryl methyl sites for hydroxylation is 1. The molecule has 1 heterocycles. The van der Waals surface area contributed by atoms with Crippen molar-refractivity contribution in [2.75, 3.05) is 6.54 Å². The zero-order valence-corrected chi connectivity index (χ0v) is 11.8. The van der Waals surface area contributed by atoms with Gasteiger partial charge in [-0.15, -0.1) is 0 Å². The quantitative estimate of drug-likeness (QED) is 0.704. The molecule has 0 fully saturated rings. The normalized spacial score (nSPS) is 11.4. The van der Waals surface area contributed by atoms with Crippen LogP contribution in [0.1, 0.15) is 51.8 Å². The Morgan fingerprint density at radius 3 is 2.71 bits per heavy atom. The molecule has 0 saturated carbocycles. The summed E-state index contributed by atoms with van der Waals surface area (Å²) in [5.41, 5.74) is 2.76. The zero-order valence-electron chi connectivity index (χ0n) is 11.8. The molecule has 1 rings (SSSR count). The average molecular weight is 237 g/mol. The fourth-order valence-electron chi connectivity index (χ4n) is 1.98. The van der Waals surface area contributed by atoms with E-state index in [-0.39, 0.29) is 0 Å². The highest BCUT2D eigenvalue weighted by atomic mass is 15.3. The molecule has 0 radical (unpaired) electrons. The van der Waals surface area contributed by atoms with Crippen LogP contribution in [0.2, 0.25) is 0 Å². The Labute approximate surface area is 106 Å². The Morgan fingerprint density at radius 2 is 2.12 bits per heavy atom. The molecule has 0 bridgehead atoms. The molecule has 0 atom stereocenters. The lowest BCUT2D eigenvalue weighted by atomic mass is 10.1. The highest BCUT2D eigenvalue weighted by Gasteiger charge is 2.08. The minimum atomic E-state index is 0.741. The topological polar surface area (TPSA) is 29.9 Å². The molecule has 0 amide bonds. The van der Waals surface area contributed by atoms with Crippen molar-refractivity contribution >= 4 is 0 Å². The number of nitrogens with zero attached hydrogens (tertiary/aromatic N) is 2. The van der Waals surface area contributed by atoms with Crippen LogP contribution in [0.15, 0.2) is 6.20 Å². The second kappa shape index (κ2) is 7.49. The smallest absolute Gasteiger partial charge is 0.0537 e. The van der Waals surface area contributed by atoms with E-state index in [1.54, 1.807) is 0 Å². The Bertz CT molecular complexity index is 315. The molecule has 0 saturated heterocycles. The molecule has 1 N–H and O–H groups in total. The van der Waals surface area contributed by atoms with Gasteiger partial charge >= 0.3 is 0 Å². The van der Waals surface area contributed by atoms with Crippen molar-refractivity contribution in [2.24, 2.45) is 5.92 Å². The summed E-state index contributed by atoms with van der Waals surface area (Å²) in [7, 11) is 0. The minimum Gasteiger partial charge on any atom is -0.313 e. The van der Waals surface area contributed by atoms with Gasteiger partial charge < -0.3 is 5.32 Å². The fourth-order valence-corrected chi connectivity index (χ4v) is 1.98. The number of hydrogen-bond acceptors (Lipinski definition) is 2. The molecule has 3 heteroatoms. The Balaban J connectivity index is 2.59. The molecule has 1 aromatic rings. The van der Waals surface area contributed by atoms with Gasteiger partial charge in [-0.25, -0.2) is 0 Å². The average Bonchev–Trinajstić information content (AvgIpc) is 2.69. The van der Waals surface area contributed by atoms with Crippen molar-refractivity contribution in [1.82, 2.24) is 15.1 Å². The summed E-state index contributed by atoms with van der Waals surface area (Å²) in [6.45, 7) is 12.0. The first-order chi connectivity index (χ1) is 8.19. The van der Waals surface area contributed by atoms with Gasteiger partial charge in [-0.3, -0.25) is 4.68 Å². The van der Waals surface area contributed by atoms with Gasteiger partial charge in [-0.05, 0) is 31.7 Å². The van der Waals surface area contributed by atoms with Crippen LogP contribution in [0.4, 0.5) is 0 Å². The summed E-state index contributed by atoms with van der Waals surface area (Å²) in [4.78, 5) is 0. The van der Waals surface area contributed by atoms with Gasteiger partial charge in [0.05, 0.1) is 6.20 Å². The summed E-state index contributed by atoms with van der Waals surface area (Å²) in [5.74, 6) is 0.741. The number of hydrogen-bond donors (Lipinski definition) is 1. The fraction of sp³-hybridized carbons (Fsp3) is 0.786. The molecular formula is C14H27N3. The van der Waals surface area contributed by atoms with Crippen LogP contribution in [0.3, 0.4) is 0 Å². The van der Waals surface area contributed by atoms with Crippen molar-refractivity contribution in [2.45, 2.75) is 60.0 Å². The summed E-state index contributed by atoms with van der Waals surface area (Å²) in [5, 5.41) is 7.97. The van der Waals surface area contributed by atoms with Crippen molar-refractivity contribution in [3.8, 4) is 0 Å². The second-order valence-electron chi connectivity index (χ2n) is 5.05. The van der Waals surface area contributed by atoms with Gasteiger partial charge in [0.25, 0.3) is 0 Å². The highest BCUT2D eigenvalue weighted by molar-refractivity contribution is 5.17. The van der Waals surface area contributed by atoms with Crippen LogP contribution in [-0.4, -0.2) is 16.3 Å². The van der Waals surface area contributed by atoms with Gasteiger partial charge in [0.2, 0.25) is 0 Å². The largest absolute Gasteiger partial charge is 0.313 e. The lowest BCUT2D eigenvalue weighted by molar-refractivity contribution is 0.476. The van der Waals surface area contributed by atoms with E-state index in [4.69, 9.17) is 0 Å². The van der Waals surface area contributed by atoms with Crippen LogP contribution < -0.4 is 5.32 Å². The van der Waals surface area contributed by atoms with Gasteiger partial charge in [0, 0.05) is 24.3 Å². The van der Waals surface area contributed by atoms with Crippen molar-refractivity contribution < 1.29 is 0 Å². The van der Waals surface area contributed by atoms with E-state index in [0.717, 1.165) is 32.0 Å². The summed E-state index contributed by atoms with van der Waals surface area (Å²) in [6, 6.07) is 0. The molecular weight excluding hydrogens is 210 g/mol. The van der Waals surface area contributed by atoms with Crippen molar-refractivity contribution in [3.63, 3.8) is 0 Å². The first-order valence-electron chi connectivity index (χ1n) is 6.93. The van der Waals surface area contributed by atoms with E-state index >= 15 is 0 Å². The van der Waals surface area contributed by atoms with Gasteiger partial charge in [-0.1, -0.05) is 27.7 Å². The van der Waals surface area contributed by atoms with Crippen LogP contribution in [0.5, 0.6) is 0 Å². The van der Waals surface area contributed by atoms with Gasteiger partial charge in [0.15, 0.2) is 0 Å². The maximum atomic E-state index is 4.51. The SMILES string of the molecule is CCCNCc1cnn(CCC(C)C)c1CC. The summed E-state index contributed by atoms with van der Waals surface area (Å²) >= 11 is 0. The minimum absolute atomic E-state index is 0.741. The van der Waals surface area contributed by atoms with Crippen LogP contribution >= 0.6 is 0 Å². The standard InChI is InChI=1S/C14H27N3/c1-5-8-15-10-13-11-16-17(14(13)6-2)9-7-12(3)4/h11-12,15H,5-10H2,1-4H3. The molecule has 0 aliphatic rings. The lowest BCUT2D eigenvalue weighted by Gasteiger charge is -2.10. The van der Waals surface area contributed by atoms with E-state index in [1.807, 2.05) is 6.20 Å². The molecule has 0 aliphatic heterocycles. The molecule has 0 unspecified atom stereocenters. The third-order valence-electron chi connectivity index (χ3n) is 3.03. The molecule has 17 heavy (non-hydrogen) atoms. The molecule has 1 aromatic heterocycles. The molecule has 98 valence electrons. The summed E-state index contributed by atoms with van der Waals surface area (Å²) in [6.07, 6.45) is 5.49. The number of aromatic nitrogens is 2. The highest BCUT2D eigenvalue weighted by Crippen LogP contribution is 2.12. The number of rotatable bonds is 8. The molecule has 0 aliphatic carbocycles. The van der Waals surface area contributed by atoms with E-state index in [0.29, 0.717) is 0 Å². The van der Waals surface area contributed by atoms with E-state index < -0.39 is 0 Å². The first-order valence-corrected chi connectivity index (χ1v) is 6.93. The Morgan fingerprint density at radius 1 is 1.35 bits per heavy atom. The third kappa shape index (κ3) is 4.50. The van der Waals surface area contributed by atoms with Crippen LogP contribution in [0, 0.1) is 5.92 Å². The maximum Gasteiger partial charge on any atom is 0.0537 e. The third-order valence-corrected chi connectivity index (χ3v) is 3.03. The van der Waals surface area contributed by atoms with E-state index in [2.05, 4.69) is 42.8 Å². The monoisotopic (exact) mass is 237 g/mol. The van der Waals surface area contributed by atoms with E-state index in [1.165, 1.54) is 24.1 Å². The predicted molar refractivity (Wildman–Crippen MR) is 73.1 cm³/mol.